The van der Waals surface area contributed by atoms with Crippen molar-refractivity contribution in [3.63, 3.8) is 0 Å². The van der Waals surface area contributed by atoms with Crippen LogP contribution in [0.2, 0.25) is 0 Å². The lowest BCUT2D eigenvalue weighted by Crippen LogP contribution is -2.12. The number of phenolic OH excluding ortho intramolecular Hbond substituents is 1. The Morgan fingerprint density at radius 1 is 1.44 bits per heavy atom. The van der Waals surface area contributed by atoms with Crippen LogP contribution in [0.25, 0.3) is 0 Å². The summed E-state index contributed by atoms with van der Waals surface area (Å²) in [6.45, 7) is 0.581. The van der Waals surface area contributed by atoms with E-state index in [0.29, 0.717) is 23.0 Å². The van der Waals surface area contributed by atoms with Crippen molar-refractivity contribution < 1.29 is 10.0 Å². The van der Waals surface area contributed by atoms with Gasteiger partial charge in [0.2, 0.25) is 0 Å². The summed E-state index contributed by atoms with van der Waals surface area (Å²) >= 11 is 3.17. The number of hydrogen-bond donors (Lipinski definition) is 3. The average Bonchev–Trinajstić information content (AvgIpc) is 2.31. The number of nitrogens with two attached hydrogens (primary N) is 2. The van der Waals surface area contributed by atoms with Crippen molar-refractivity contribution in [1.82, 2.24) is 0 Å². The number of phenols is 1. The fourth-order valence-corrected chi connectivity index (χ4v) is 2.15. The van der Waals surface area contributed by atoms with E-state index in [0.717, 1.165) is 12.8 Å². The van der Waals surface area contributed by atoms with Gasteiger partial charge in [-0.2, -0.15) is 0 Å². The maximum absolute atomic E-state index is 10.8. The first-order chi connectivity index (χ1) is 8.47. The number of nitrogens with zero attached hydrogens (tertiary/aromatic N) is 1. The zero-order valence-corrected chi connectivity index (χ0v) is 11.4. The molecule has 0 unspecified atom stereocenters. The third-order valence-corrected chi connectivity index (χ3v) is 3.11. The van der Waals surface area contributed by atoms with Gasteiger partial charge in [0.1, 0.15) is 0 Å². The Hall–Kier alpha value is -1.18. The maximum Gasteiger partial charge on any atom is 0.312 e. The fourth-order valence-electron chi connectivity index (χ4n) is 1.69. The third kappa shape index (κ3) is 3.66. The zero-order valence-electron chi connectivity index (χ0n) is 9.80. The summed E-state index contributed by atoms with van der Waals surface area (Å²) in [7, 11) is 0. The van der Waals surface area contributed by atoms with Gasteiger partial charge in [0.25, 0.3) is 0 Å². The summed E-state index contributed by atoms with van der Waals surface area (Å²) in [5.74, 6) is -0.358. The average molecular weight is 318 g/mol. The molecule has 7 heteroatoms. The number of benzene rings is 1. The van der Waals surface area contributed by atoms with Gasteiger partial charge in [0.15, 0.2) is 5.75 Å². The molecule has 0 heterocycles. The second-order valence-electron chi connectivity index (χ2n) is 4.01. The van der Waals surface area contributed by atoms with E-state index in [1.165, 1.54) is 6.07 Å². The second kappa shape index (κ2) is 6.67. The second-order valence-corrected chi connectivity index (χ2v) is 4.93. The van der Waals surface area contributed by atoms with Gasteiger partial charge in [0.05, 0.1) is 4.92 Å². The van der Waals surface area contributed by atoms with Crippen molar-refractivity contribution in [3.8, 4) is 5.75 Å². The Kier molecular flexibility index (Phi) is 5.52. The van der Waals surface area contributed by atoms with Crippen molar-refractivity contribution in [1.29, 1.82) is 0 Å². The van der Waals surface area contributed by atoms with E-state index in [2.05, 4.69) is 15.9 Å². The third-order valence-electron chi connectivity index (χ3n) is 2.65. The van der Waals surface area contributed by atoms with Crippen molar-refractivity contribution >= 4 is 21.6 Å². The first-order valence-corrected chi connectivity index (χ1v) is 6.39. The van der Waals surface area contributed by atoms with Gasteiger partial charge in [-0.25, -0.2) is 0 Å². The maximum atomic E-state index is 10.8. The van der Waals surface area contributed by atoms with Crippen molar-refractivity contribution in [2.24, 2.45) is 11.5 Å². The molecule has 18 heavy (non-hydrogen) atoms. The molecule has 0 amide bonds. The van der Waals surface area contributed by atoms with Gasteiger partial charge in [-0.15, -0.1) is 0 Å². The molecule has 0 aliphatic rings. The minimum absolute atomic E-state index is 0.339. The first kappa shape index (κ1) is 14.9. The van der Waals surface area contributed by atoms with Crippen molar-refractivity contribution in [3.05, 3.63) is 32.3 Å². The number of hydrogen-bond acceptors (Lipinski definition) is 5. The standard InChI is InChI=1S/C11H16BrN3O3/c12-7-5-8(9(14)3-1-2-4-13)11(16)10(6-7)15(17)18/h5-6,9,16H,1-4,13-14H2/t9-/m1/s1. The lowest BCUT2D eigenvalue weighted by molar-refractivity contribution is -0.386. The van der Waals surface area contributed by atoms with E-state index in [4.69, 9.17) is 11.5 Å². The molecule has 100 valence electrons. The van der Waals surface area contributed by atoms with E-state index in [-0.39, 0.29) is 11.4 Å². The highest BCUT2D eigenvalue weighted by molar-refractivity contribution is 9.10. The Balaban J connectivity index is 2.97. The van der Waals surface area contributed by atoms with Gasteiger partial charge < -0.3 is 16.6 Å². The van der Waals surface area contributed by atoms with Crippen LogP contribution in [0.3, 0.4) is 0 Å². The van der Waals surface area contributed by atoms with Gasteiger partial charge >= 0.3 is 5.69 Å². The molecule has 0 bridgehead atoms. The van der Waals surface area contributed by atoms with Crippen molar-refractivity contribution in [2.75, 3.05) is 6.54 Å². The topological polar surface area (TPSA) is 115 Å². The van der Waals surface area contributed by atoms with Gasteiger partial charge in [0, 0.05) is 22.1 Å². The number of nitro benzene ring substituents is 1. The number of unbranched alkanes of at least 4 members (excludes halogenated alkanes) is 1. The van der Waals surface area contributed by atoms with E-state index in [1.807, 2.05) is 0 Å². The molecule has 0 saturated carbocycles. The SMILES string of the molecule is NCCCC[C@@H](N)c1cc(Br)cc([N+](=O)[O-])c1O. The van der Waals surface area contributed by atoms with E-state index >= 15 is 0 Å². The van der Waals surface area contributed by atoms with Crippen LogP contribution >= 0.6 is 15.9 Å². The van der Waals surface area contributed by atoms with E-state index < -0.39 is 11.0 Å². The molecule has 1 atom stereocenters. The van der Waals surface area contributed by atoms with Crippen LogP contribution in [0.15, 0.2) is 16.6 Å². The highest BCUT2D eigenvalue weighted by atomic mass is 79.9. The Labute approximate surface area is 113 Å². The summed E-state index contributed by atoms with van der Waals surface area (Å²) in [5.41, 5.74) is 11.4. The van der Waals surface area contributed by atoms with Gasteiger partial charge in [-0.05, 0) is 25.5 Å². The molecule has 5 N–H and O–H groups in total. The van der Waals surface area contributed by atoms with Crippen LogP contribution in [0, 0.1) is 10.1 Å². The predicted molar refractivity (Wildman–Crippen MR) is 72.3 cm³/mol. The summed E-state index contributed by atoms with van der Waals surface area (Å²) in [6, 6.07) is 2.42. The van der Waals surface area contributed by atoms with E-state index in [1.54, 1.807) is 6.07 Å². The molecule has 0 saturated heterocycles. The minimum atomic E-state index is -0.629. The molecule has 0 radical (unpaired) electrons. The van der Waals surface area contributed by atoms with Crippen LogP contribution in [-0.4, -0.2) is 16.6 Å². The Bertz CT molecular complexity index is 440. The highest BCUT2D eigenvalue weighted by Crippen LogP contribution is 2.37. The molecule has 0 spiro atoms. The van der Waals surface area contributed by atoms with Crippen LogP contribution in [-0.2, 0) is 0 Å². The zero-order chi connectivity index (χ0) is 13.7. The summed E-state index contributed by atoms with van der Waals surface area (Å²) in [4.78, 5) is 10.1. The molecule has 1 rings (SSSR count). The molecular formula is C11H16BrN3O3. The van der Waals surface area contributed by atoms with Crippen LogP contribution in [0.5, 0.6) is 5.75 Å². The summed E-state index contributed by atoms with van der Waals surface area (Å²) < 4.78 is 0.524. The quantitative estimate of drug-likeness (QED) is 0.422. The largest absolute Gasteiger partial charge is 0.502 e. The lowest BCUT2D eigenvalue weighted by Gasteiger charge is -2.13. The molecule has 1 aromatic rings. The van der Waals surface area contributed by atoms with Crippen LogP contribution < -0.4 is 11.5 Å². The van der Waals surface area contributed by atoms with Gasteiger partial charge in [-0.1, -0.05) is 22.4 Å². The minimum Gasteiger partial charge on any atom is -0.502 e. The lowest BCUT2D eigenvalue weighted by atomic mass is 10.00. The molecule has 0 aliphatic carbocycles. The van der Waals surface area contributed by atoms with Gasteiger partial charge in [-0.3, -0.25) is 10.1 Å². The molecule has 1 aromatic carbocycles. The summed E-state index contributed by atoms with van der Waals surface area (Å²) in [5, 5.41) is 20.6. The fraction of sp³-hybridized carbons (Fsp3) is 0.455. The van der Waals surface area contributed by atoms with Crippen molar-refractivity contribution in [2.45, 2.75) is 25.3 Å². The normalized spacial score (nSPS) is 12.4. The molecule has 6 nitrogen and oxygen atoms in total. The molecule has 0 aliphatic heterocycles. The number of nitro groups is 1. The van der Waals surface area contributed by atoms with Crippen LogP contribution in [0.1, 0.15) is 30.9 Å². The summed E-state index contributed by atoms with van der Waals surface area (Å²) in [6.07, 6.45) is 2.28. The molecule has 0 aromatic heterocycles. The Morgan fingerprint density at radius 3 is 2.67 bits per heavy atom. The van der Waals surface area contributed by atoms with E-state index in [9.17, 15) is 15.2 Å². The predicted octanol–water partition coefficient (Wildman–Crippen LogP) is 2.19. The molecular weight excluding hydrogens is 302 g/mol. The molecule has 0 fully saturated rings. The number of rotatable bonds is 6. The monoisotopic (exact) mass is 317 g/mol. The number of aromatic hydroxyl groups is 1. The Morgan fingerprint density at radius 2 is 2.11 bits per heavy atom. The highest BCUT2D eigenvalue weighted by Gasteiger charge is 2.21. The van der Waals surface area contributed by atoms with Crippen LogP contribution in [0.4, 0.5) is 5.69 Å². The first-order valence-electron chi connectivity index (χ1n) is 5.59. The smallest absolute Gasteiger partial charge is 0.312 e. The number of halogens is 1.